The van der Waals surface area contributed by atoms with E-state index in [1.54, 1.807) is 0 Å². The molecular formula is C10H21N. The van der Waals surface area contributed by atoms with Crippen LogP contribution in [0.15, 0.2) is 0 Å². The van der Waals surface area contributed by atoms with Crippen molar-refractivity contribution in [1.29, 1.82) is 0 Å². The van der Waals surface area contributed by atoms with Crippen molar-refractivity contribution in [2.75, 3.05) is 6.54 Å². The predicted octanol–water partition coefficient (Wildman–Crippen LogP) is 2.52. The molecule has 1 fully saturated rings. The summed E-state index contributed by atoms with van der Waals surface area (Å²) >= 11 is 0. The lowest BCUT2D eigenvalue weighted by atomic mass is 9.97. The van der Waals surface area contributed by atoms with Crippen molar-refractivity contribution in [2.24, 2.45) is 5.92 Å². The van der Waals surface area contributed by atoms with Gasteiger partial charge in [0.2, 0.25) is 0 Å². The van der Waals surface area contributed by atoms with Gasteiger partial charge in [-0.15, -0.1) is 0 Å². The van der Waals surface area contributed by atoms with Crippen molar-refractivity contribution in [2.45, 2.75) is 52.6 Å². The van der Waals surface area contributed by atoms with Crippen LogP contribution >= 0.6 is 0 Å². The molecule has 0 radical (unpaired) electrons. The summed E-state index contributed by atoms with van der Waals surface area (Å²) in [5.74, 6) is 0.882. The summed E-state index contributed by atoms with van der Waals surface area (Å²) in [5, 5.41) is 0. The SMILES string of the molecule is CC1CN(C(C)C)C(C)(C)C1. The first-order chi connectivity index (χ1) is 4.93. The second kappa shape index (κ2) is 2.78. The molecule has 0 aliphatic carbocycles. The Labute approximate surface area is 70.8 Å². The van der Waals surface area contributed by atoms with Gasteiger partial charge >= 0.3 is 0 Å². The van der Waals surface area contributed by atoms with E-state index in [1.165, 1.54) is 13.0 Å². The average Bonchev–Trinajstić information content (AvgIpc) is 2.04. The van der Waals surface area contributed by atoms with Crippen molar-refractivity contribution in [3.63, 3.8) is 0 Å². The first-order valence-electron chi connectivity index (χ1n) is 4.70. The molecule has 0 spiro atoms. The van der Waals surface area contributed by atoms with Crippen molar-refractivity contribution in [1.82, 2.24) is 4.90 Å². The minimum Gasteiger partial charge on any atom is -0.296 e. The molecule has 11 heavy (non-hydrogen) atoms. The predicted molar refractivity (Wildman–Crippen MR) is 49.7 cm³/mol. The van der Waals surface area contributed by atoms with Gasteiger partial charge in [-0.25, -0.2) is 0 Å². The molecule has 66 valence electrons. The number of hydrogen-bond acceptors (Lipinski definition) is 1. The monoisotopic (exact) mass is 155 g/mol. The van der Waals surface area contributed by atoms with Gasteiger partial charge in [0.25, 0.3) is 0 Å². The highest BCUT2D eigenvalue weighted by molar-refractivity contribution is 4.92. The van der Waals surface area contributed by atoms with Crippen LogP contribution in [0.1, 0.15) is 41.0 Å². The number of likely N-dealkylation sites (tertiary alicyclic amines) is 1. The maximum Gasteiger partial charge on any atom is 0.0159 e. The smallest absolute Gasteiger partial charge is 0.0159 e. The fourth-order valence-electron chi connectivity index (χ4n) is 2.53. The molecule has 0 N–H and O–H groups in total. The fraction of sp³-hybridized carbons (Fsp3) is 1.00. The standard InChI is InChI=1S/C10H21N/c1-8(2)11-7-9(3)6-10(11,4)5/h8-9H,6-7H2,1-5H3. The molecule has 0 aromatic rings. The molecule has 1 heterocycles. The lowest BCUT2D eigenvalue weighted by molar-refractivity contribution is 0.134. The quantitative estimate of drug-likeness (QED) is 0.562. The van der Waals surface area contributed by atoms with Gasteiger partial charge < -0.3 is 0 Å². The normalized spacial score (nSPS) is 31.6. The molecule has 1 heteroatoms. The summed E-state index contributed by atoms with van der Waals surface area (Å²) in [6.07, 6.45) is 1.35. The van der Waals surface area contributed by atoms with E-state index in [1.807, 2.05) is 0 Å². The maximum absolute atomic E-state index is 2.61. The highest BCUT2D eigenvalue weighted by atomic mass is 15.2. The Bertz CT molecular complexity index is 138. The molecular weight excluding hydrogens is 134 g/mol. The van der Waals surface area contributed by atoms with Crippen molar-refractivity contribution >= 4 is 0 Å². The minimum atomic E-state index is 0.438. The molecule has 1 unspecified atom stereocenters. The highest BCUT2D eigenvalue weighted by Gasteiger charge is 2.37. The van der Waals surface area contributed by atoms with Gasteiger partial charge in [-0.3, -0.25) is 4.90 Å². The van der Waals surface area contributed by atoms with Gasteiger partial charge in [-0.1, -0.05) is 6.92 Å². The average molecular weight is 155 g/mol. The Kier molecular flexibility index (Phi) is 2.29. The highest BCUT2D eigenvalue weighted by Crippen LogP contribution is 2.33. The Hall–Kier alpha value is -0.0400. The van der Waals surface area contributed by atoms with Gasteiger partial charge in [0.15, 0.2) is 0 Å². The molecule has 1 saturated heterocycles. The second-order valence-electron chi connectivity index (χ2n) is 4.87. The topological polar surface area (TPSA) is 3.24 Å². The van der Waals surface area contributed by atoms with Crippen LogP contribution in [0.5, 0.6) is 0 Å². The third-order valence-electron chi connectivity index (χ3n) is 2.76. The number of nitrogens with zero attached hydrogens (tertiary/aromatic N) is 1. The molecule has 0 bridgehead atoms. The third-order valence-corrected chi connectivity index (χ3v) is 2.76. The summed E-state index contributed by atoms with van der Waals surface area (Å²) in [6.45, 7) is 12.9. The van der Waals surface area contributed by atoms with Crippen molar-refractivity contribution in [3.05, 3.63) is 0 Å². The van der Waals surface area contributed by atoms with Gasteiger partial charge in [0.05, 0.1) is 0 Å². The number of hydrogen-bond donors (Lipinski definition) is 0. The van der Waals surface area contributed by atoms with E-state index < -0.39 is 0 Å². The molecule has 1 aliphatic heterocycles. The first kappa shape index (κ1) is 9.05. The largest absolute Gasteiger partial charge is 0.296 e. The Morgan fingerprint density at radius 2 is 1.91 bits per heavy atom. The zero-order valence-electron chi connectivity index (χ0n) is 8.52. The first-order valence-corrected chi connectivity index (χ1v) is 4.70. The Morgan fingerprint density at radius 1 is 1.36 bits per heavy atom. The van der Waals surface area contributed by atoms with E-state index in [0.717, 1.165) is 5.92 Å². The lowest BCUT2D eigenvalue weighted by Gasteiger charge is -2.34. The number of rotatable bonds is 1. The molecule has 1 nitrogen and oxygen atoms in total. The molecule has 0 aromatic heterocycles. The summed E-state index contributed by atoms with van der Waals surface area (Å²) < 4.78 is 0. The van der Waals surface area contributed by atoms with Gasteiger partial charge in [-0.05, 0) is 40.0 Å². The van der Waals surface area contributed by atoms with Crippen LogP contribution in [0.2, 0.25) is 0 Å². The van der Waals surface area contributed by atoms with Gasteiger partial charge in [-0.2, -0.15) is 0 Å². The van der Waals surface area contributed by atoms with E-state index >= 15 is 0 Å². The van der Waals surface area contributed by atoms with E-state index in [2.05, 4.69) is 39.5 Å². The van der Waals surface area contributed by atoms with Crippen LogP contribution in [-0.2, 0) is 0 Å². The van der Waals surface area contributed by atoms with Crippen LogP contribution in [0.4, 0.5) is 0 Å². The molecule has 1 aliphatic rings. The third kappa shape index (κ3) is 1.76. The van der Waals surface area contributed by atoms with Crippen molar-refractivity contribution in [3.8, 4) is 0 Å². The van der Waals surface area contributed by atoms with E-state index in [-0.39, 0.29) is 0 Å². The minimum absolute atomic E-state index is 0.438. The van der Waals surface area contributed by atoms with Crippen LogP contribution in [0, 0.1) is 5.92 Å². The van der Waals surface area contributed by atoms with Crippen LogP contribution in [-0.4, -0.2) is 23.0 Å². The second-order valence-corrected chi connectivity index (χ2v) is 4.87. The molecule has 1 atom stereocenters. The molecule has 1 rings (SSSR count). The maximum atomic E-state index is 2.61. The molecule has 0 amide bonds. The summed E-state index contributed by atoms with van der Waals surface area (Å²) in [6, 6.07) is 0.704. The Balaban J connectivity index is 2.66. The summed E-state index contributed by atoms with van der Waals surface area (Å²) in [4.78, 5) is 2.61. The molecule has 0 saturated carbocycles. The zero-order chi connectivity index (χ0) is 8.65. The summed E-state index contributed by atoms with van der Waals surface area (Å²) in [5.41, 5.74) is 0.438. The van der Waals surface area contributed by atoms with E-state index in [4.69, 9.17) is 0 Å². The van der Waals surface area contributed by atoms with Crippen LogP contribution in [0.3, 0.4) is 0 Å². The van der Waals surface area contributed by atoms with Crippen LogP contribution in [0.25, 0.3) is 0 Å². The summed E-state index contributed by atoms with van der Waals surface area (Å²) in [7, 11) is 0. The van der Waals surface area contributed by atoms with Gasteiger partial charge in [0.1, 0.15) is 0 Å². The van der Waals surface area contributed by atoms with Gasteiger partial charge in [0, 0.05) is 18.1 Å². The zero-order valence-corrected chi connectivity index (χ0v) is 8.52. The van der Waals surface area contributed by atoms with E-state index in [9.17, 15) is 0 Å². The van der Waals surface area contributed by atoms with Crippen molar-refractivity contribution < 1.29 is 0 Å². The van der Waals surface area contributed by atoms with Crippen LogP contribution < -0.4 is 0 Å². The lowest BCUT2D eigenvalue weighted by Crippen LogP contribution is -2.42. The molecule has 0 aromatic carbocycles. The fourth-order valence-corrected chi connectivity index (χ4v) is 2.53. The Morgan fingerprint density at radius 3 is 2.09 bits per heavy atom. The van der Waals surface area contributed by atoms with E-state index in [0.29, 0.717) is 11.6 Å².